The normalized spacial score (nSPS) is 17.7. The van der Waals surface area contributed by atoms with E-state index in [2.05, 4.69) is 5.32 Å². The van der Waals surface area contributed by atoms with Gasteiger partial charge in [-0.25, -0.2) is 0 Å². The number of carbonyl (C=O) groups excluding carboxylic acids is 4. The Labute approximate surface area is 206 Å². The first-order valence-corrected chi connectivity index (χ1v) is 12.2. The van der Waals surface area contributed by atoms with Gasteiger partial charge >= 0.3 is 0 Å². The van der Waals surface area contributed by atoms with E-state index in [-0.39, 0.29) is 36.8 Å². The lowest BCUT2D eigenvalue weighted by atomic mass is 10.0. The van der Waals surface area contributed by atoms with Gasteiger partial charge < -0.3 is 14.5 Å². The fraction of sp³-hybridized carbons (Fsp3) is 0.407. The molecule has 8 nitrogen and oxygen atoms in total. The quantitative estimate of drug-likeness (QED) is 0.611. The molecule has 4 amide bonds. The van der Waals surface area contributed by atoms with Gasteiger partial charge in [0.25, 0.3) is 11.8 Å². The Hall–Kier alpha value is -3.68. The number of amides is 4. The molecule has 186 valence electrons. The number of carbonyl (C=O) groups is 4. The molecule has 0 aromatic heterocycles. The molecule has 2 aromatic rings. The van der Waals surface area contributed by atoms with Crippen molar-refractivity contribution in [1.82, 2.24) is 10.2 Å². The van der Waals surface area contributed by atoms with Crippen LogP contribution in [0.25, 0.3) is 0 Å². The highest BCUT2D eigenvalue weighted by Gasteiger charge is 2.39. The first-order chi connectivity index (χ1) is 16.9. The van der Waals surface area contributed by atoms with Crippen molar-refractivity contribution >= 4 is 29.3 Å². The molecule has 0 saturated carbocycles. The molecule has 2 aromatic carbocycles. The number of ether oxygens (including phenoxy) is 1. The van der Waals surface area contributed by atoms with Gasteiger partial charge in [0.2, 0.25) is 11.8 Å². The highest BCUT2D eigenvalue weighted by atomic mass is 16.5. The van der Waals surface area contributed by atoms with Gasteiger partial charge in [-0.2, -0.15) is 0 Å². The first kappa shape index (κ1) is 25.9. The Balaban J connectivity index is 0.00000167. The lowest BCUT2D eigenvalue weighted by Gasteiger charge is -2.29. The summed E-state index contributed by atoms with van der Waals surface area (Å²) in [6.45, 7) is 8.15. The number of benzene rings is 2. The molecule has 35 heavy (non-hydrogen) atoms. The fourth-order valence-electron chi connectivity index (χ4n) is 4.25. The number of fused-ring (bicyclic) bond motifs is 1. The maximum Gasteiger partial charge on any atom is 0.265 e. The van der Waals surface area contributed by atoms with E-state index < -0.39 is 11.9 Å². The Kier molecular flexibility index (Phi) is 8.63. The van der Waals surface area contributed by atoms with Crippen LogP contribution in [0.2, 0.25) is 0 Å². The minimum Gasteiger partial charge on any atom is -0.484 e. The molecule has 2 aliphatic rings. The number of nitrogens with zero attached hydrogens (tertiary/aromatic N) is 2. The summed E-state index contributed by atoms with van der Waals surface area (Å²) in [5.74, 6) is -0.796. The van der Waals surface area contributed by atoms with E-state index in [1.807, 2.05) is 58.0 Å². The zero-order valence-corrected chi connectivity index (χ0v) is 20.7. The third-order valence-corrected chi connectivity index (χ3v) is 6.20. The molecule has 1 fully saturated rings. The Morgan fingerprint density at radius 1 is 1.14 bits per heavy atom. The van der Waals surface area contributed by atoms with E-state index in [1.165, 1.54) is 4.90 Å². The summed E-state index contributed by atoms with van der Waals surface area (Å²) in [7, 11) is 0. The molecule has 2 heterocycles. The van der Waals surface area contributed by atoms with Gasteiger partial charge in [0.15, 0.2) is 6.61 Å². The summed E-state index contributed by atoms with van der Waals surface area (Å²) in [5, 5.41) is 2.30. The SMILES string of the molecule is CC.CCC(C)N(C(=O)COc1ccc2c(c1)C(=O)N(C1CCC(=O)NC1=O)C2)c1ccccc1. The second kappa shape index (κ2) is 11.6. The van der Waals surface area contributed by atoms with Crippen molar-refractivity contribution in [3.05, 3.63) is 59.7 Å². The number of piperidine rings is 1. The largest absolute Gasteiger partial charge is 0.484 e. The lowest BCUT2D eigenvalue weighted by Crippen LogP contribution is -2.52. The lowest BCUT2D eigenvalue weighted by molar-refractivity contribution is -0.137. The van der Waals surface area contributed by atoms with E-state index in [1.54, 1.807) is 23.1 Å². The summed E-state index contributed by atoms with van der Waals surface area (Å²) in [6.07, 6.45) is 1.32. The topological polar surface area (TPSA) is 96.0 Å². The van der Waals surface area contributed by atoms with Crippen LogP contribution in [0.3, 0.4) is 0 Å². The molecule has 0 radical (unpaired) electrons. The first-order valence-electron chi connectivity index (χ1n) is 12.2. The molecule has 1 saturated heterocycles. The average Bonchev–Trinajstić information content (AvgIpc) is 3.20. The molecular weight excluding hydrogens is 446 g/mol. The number of rotatable bonds is 7. The predicted octanol–water partition coefficient (Wildman–Crippen LogP) is 3.68. The second-order valence-corrected chi connectivity index (χ2v) is 8.36. The van der Waals surface area contributed by atoms with E-state index in [4.69, 9.17) is 4.74 Å². The van der Waals surface area contributed by atoms with Crippen LogP contribution in [0, 0.1) is 0 Å². The van der Waals surface area contributed by atoms with Crippen LogP contribution in [0.1, 0.15) is 62.9 Å². The van der Waals surface area contributed by atoms with Crippen LogP contribution in [0.15, 0.2) is 48.5 Å². The van der Waals surface area contributed by atoms with Crippen molar-refractivity contribution in [3.8, 4) is 5.75 Å². The zero-order valence-electron chi connectivity index (χ0n) is 20.7. The summed E-state index contributed by atoms with van der Waals surface area (Å²) < 4.78 is 5.77. The van der Waals surface area contributed by atoms with Gasteiger partial charge in [-0.1, -0.05) is 45.0 Å². The van der Waals surface area contributed by atoms with Crippen LogP contribution < -0.4 is 15.0 Å². The van der Waals surface area contributed by atoms with E-state index >= 15 is 0 Å². The number of para-hydroxylation sites is 1. The van der Waals surface area contributed by atoms with Crippen molar-refractivity contribution < 1.29 is 23.9 Å². The molecule has 2 aliphatic heterocycles. The smallest absolute Gasteiger partial charge is 0.265 e. The van der Waals surface area contributed by atoms with Crippen LogP contribution in [0.5, 0.6) is 5.75 Å². The standard InChI is InChI=1S/C25H27N3O5.C2H6/c1-3-16(2)28(18-7-5-4-6-8-18)23(30)15-33-19-10-9-17-14-27(25(32)20(17)13-19)21-11-12-22(29)26-24(21)31;1-2/h4-10,13,16,21H,3,11-12,14-15H2,1-2H3,(H,26,29,31);1-2H3. The van der Waals surface area contributed by atoms with Gasteiger partial charge in [0.1, 0.15) is 11.8 Å². The molecule has 0 spiro atoms. The molecular formula is C27H33N3O5. The summed E-state index contributed by atoms with van der Waals surface area (Å²) in [5.41, 5.74) is 2.05. The molecule has 4 rings (SSSR count). The van der Waals surface area contributed by atoms with Crippen LogP contribution in [-0.4, -0.2) is 47.2 Å². The zero-order chi connectivity index (χ0) is 25.5. The number of anilines is 1. The second-order valence-electron chi connectivity index (χ2n) is 8.36. The van der Waals surface area contributed by atoms with Crippen molar-refractivity contribution in [3.63, 3.8) is 0 Å². The number of nitrogens with one attached hydrogen (secondary N) is 1. The number of hydrogen-bond acceptors (Lipinski definition) is 5. The molecule has 2 unspecified atom stereocenters. The fourth-order valence-corrected chi connectivity index (χ4v) is 4.25. The Bertz CT molecular complexity index is 1090. The van der Waals surface area contributed by atoms with Gasteiger partial charge in [-0.3, -0.25) is 24.5 Å². The average molecular weight is 480 g/mol. The molecule has 0 aliphatic carbocycles. The van der Waals surface area contributed by atoms with Gasteiger partial charge in [-0.15, -0.1) is 0 Å². The van der Waals surface area contributed by atoms with Gasteiger partial charge in [0.05, 0.1) is 0 Å². The Morgan fingerprint density at radius 2 is 1.86 bits per heavy atom. The molecule has 2 atom stereocenters. The molecule has 1 N–H and O–H groups in total. The maximum absolute atomic E-state index is 13.0. The third kappa shape index (κ3) is 5.70. The number of imide groups is 1. The van der Waals surface area contributed by atoms with Crippen LogP contribution in [0.4, 0.5) is 5.69 Å². The highest BCUT2D eigenvalue weighted by molar-refractivity contribution is 6.05. The molecule has 8 heteroatoms. The van der Waals surface area contributed by atoms with Crippen LogP contribution >= 0.6 is 0 Å². The molecule has 0 bridgehead atoms. The minimum absolute atomic E-state index is 0.00665. The maximum atomic E-state index is 13.0. The summed E-state index contributed by atoms with van der Waals surface area (Å²) >= 11 is 0. The summed E-state index contributed by atoms with van der Waals surface area (Å²) in [4.78, 5) is 52.8. The predicted molar refractivity (Wildman–Crippen MR) is 133 cm³/mol. The van der Waals surface area contributed by atoms with Gasteiger partial charge in [-0.05, 0) is 49.6 Å². The van der Waals surface area contributed by atoms with E-state index in [0.29, 0.717) is 24.3 Å². The van der Waals surface area contributed by atoms with Crippen molar-refractivity contribution in [2.75, 3.05) is 11.5 Å². The minimum atomic E-state index is -0.663. The monoisotopic (exact) mass is 479 g/mol. The van der Waals surface area contributed by atoms with E-state index in [0.717, 1.165) is 17.7 Å². The third-order valence-electron chi connectivity index (χ3n) is 6.20. The van der Waals surface area contributed by atoms with Crippen molar-refractivity contribution in [2.45, 2.75) is 65.6 Å². The van der Waals surface area contributed by atoms with E-state index in [9.17, 15) is 19.2 Å². The van der Waals surface area contributed by atoms with Crippen molar-refractivity contribution in [1.29, 1.82) is 0 Å². The van der Waals surface area contributed by atoms with Crippen molar-refractivity contribution in [2.24, 2.45) is 0 Å². The van der Waals surface area contributed by atoms with Crippen LogP contribution in [-0.2, 0) is 20.9 Å². The number of hydrogen-bond donors (Lipinski definition) is 1. The highest BCUT2D eigenvalue weighted by Crippen LogP contribution is 2.30. The Morgan fingerprint density at radius 3 is 2.51 bits per heavy atom. The van der Waals surface area contributed by atoms with Gasteiger partial charge in [0, 0.05) is 30.3 Å². The summed E-state index contributed by atoms with van der Waals surface area (Å²) in [6, 6.07) is 13.9.